The number of anilines is 1. The third-order valence-electron chi connectivity index (χ3n) is 4.15. The van der Waals surface area contributed by atoms with Gasteiger partial charge in [-0.1, -0.05) is 30.3 Å². The fraction of sp³-hybridized carbons (Fsp3) is 0.111. The lowest BCUT2D eigenvalue weighted by Gasteiger charge is -2.08. The van der Waals surface area contributed by atoms with Crippen molar-refractivity contribution in [1.29, 1.82) is 0 Å². The molecule has 0 spiro atoms. The Hall–Kier alpha value is -3.26. The van der Waals surface area contributed by atoms with Crippen molar-refractivity contribution in [2.24, 2.45) is 0 Å². The van der Waals surface area contributed by atoms with Crippen LogP contribution in [-0.2, 0) is 6.54 Å². The lowest BCUT2D eigenvalue weighted by molar-refractivity contribution is 0.0701. The number of carbonyl (C=O) groups is 1. The molecule has 3 aromatic heterocycles. The summed E-state index contributed by atoms with van der Waals surface area (Å²) in [5.74, 6) is -0.325. The Morgan fingerprint density at radius 3 is 2.85 bits per heavy atom. The molecule has 7 nitrogen and oxygen atoms in total. The average molecular weight is 365 g/mol. The van der Waals surface area contributed by atoms with Crippen LogP contribution in [-0.4, -0.2) is 31.2 Å². The van der Waals surface area contributed by atoms with E-state index in [1.165, 1.54) is 6.33 Å². The molecule has 0 aliphatic heterocycles. The molecule has 3 heterocycles. The number of benzene rings is 1. The van der Waals surface area contributed by atoms with Gasteiger partial charge in [0.2, 0.25) is 0 Å². The number of hydrogen-bond acceptors (Lipinski definition) is 6. The molecule has 1 aromatic carbocycles. The number of H-pyrrole nitrogens is 1. The van der Waals surface area contributed by atoms with Crippen molar-refractivity contribution in [3.05, 3.63) is 58.9 Å². The molecule has 0 atom stereocenters. The minimum atomic E-state index is -0.947. The Balaban J connectivity index is 1.66. The number of nitrogens with one attached hydrogen (secondary N) is 2. The number of rotatable bonds is 5. The fourth-order valence-electron chi connectivity index (χ4n) is 2.89. The maximum atomic E-state index is 11.4. The van der Waals surface area contributed by atoms with E-state index in [2.05, 4.69) is 25.5 Å². The van der Waals surface area contributed by atoms with E-state index in [0.29, 0.717) is 22.8 Å². The molecule has 0 saturated heterocycles. The van der Waals surface area contributed by atoms with Gasteiger partial charge in [-0.25, -0.2) is 14.8 Å². The van der Waals surface area contributed by atoms with Crippen LogP contribution in [0.3, 0.4) is 0 Å². The first-order valence-electron chi connectivity index (χ1n) is 7.94. The maximum Gasteiger partial charge on any atom is 0.346 e. The SMILES string of the molecule is Cc1c(C(=O)O)sc2ncnc(NCc3cn[nH]c3-c3ccccc3)c12. The lowest BCUT2D eigenvalue weighted by atomic mass is 10.1. The highest BCUT2D eigenvalue weighted by Crippen LogP contribution is 2.33. The van der Waals surface area contributed by atoms with Crippen LogP contribution < -0.4 is 5.32 Å². The third-order valence-corrected chi connectivity index (χ3v) is 5.34. The van der Waals surface area contributed by atoms with Crippen molar-refractivity contribution < 1.29 is 9.90 Å². The molecule has 0 saturated carbocycles. The monoisotopic (exact) mass is 365 g/mol. The minimum Gasteiger partial charge on any atom is -0.477 e. The van der Waals surface area contributed by atoms with Gasteiger partial charge in [0, 0.05) is 12.1 Å². The molecule has 0 unspecified atom stereocenters. The van der Waals surface area contributed by atoms with Gasteiger partial charge < -0.3 is 10.4 Å². The van der Waals surface area contributed by atoms with E-state index in [0.717, 1.165) is 33.5 Å². The second-order valence-corrected chi connectivity index (χ2v) is 6.75. The molecular formula is C18H15N5O2S. The van der Waals surface area contributed by atoms with E-state index in [1.807, 2.05) is 30.3 Å². The van der Waals surface area contributed by atoms with Crippen molar-refractivity contribution in [2.45, 2.75) is 13.5 Å². The summed E-state index contributed by atoms with van der Waals surface area (Å²) in [4.78, 5) is 20.8. The van der Waals surface area contributed by atoms with E-state index in [9.17, 15) is 9.90 Å². The van der Waals surface area contributed by atoms with Gasteiger partial charge in [-0.05, 0) is 18.1 Å². The molecule has 4 aromatic rings. The number of aryl methyl sites for hydroxylation is 1. The summed E-state index contributed by atoms with van der Waals surface area (Å²) < 4.78 is 0. The molecule has 0 amide bonds. The highest BCUT2D eigenvalue weighted by Gasteiger charge is 2.18. The fourth-order valence-corrected chi connectivity index (χ4v) is 3.88. The summed E-state index contributed by atoms with van der Waals surface area (Å²) in [5, 5.41) is 20.5. The molecule has 8 heteroatoms. The molecule has 4 rings (SSSR count). The van der Waals surface area contributed by atoms with Crippen LogP contribution in [0.4, 0.5) is 5.82 Å². The molecule has 0 aliphatic carbocycles. The Labute approximate surface area is 152 Å². The summed E-state index contributed by atoms with van der Waals surface area (Å²) in [5.41, 5.74) is 3.66. The first-order chi connectivity index (χ1) is 12.6. The van der Waals surface area contributed by atoms with Crippen LogP contribution in [0.1, 0.15) is 20.8 Å². The number of nitrogens with zero attached hydrogens (tertiary/aromatic N) is 3. The second-order valence-electron chi connectivity index (χ2n) is 5.75. The van der Waals surface area contributed by atoms with Crippen LogP contribution in [0.15, 0.2) is 42.9 Å². The zero-order valence-corrected chi connectivity index (χ0v) is 14.7. The quantitative estimate of drug-likeness (QED) is 0.498. The molecule has 26 heavy (non-hydrogen) atoms. The summed E-state index contributed by atoms with van der Waals surface area (Å²) in [7, 11) is 0. The first-order valence-corrected chi connectivity index (χ1v) is 8.75. The van der Waals surface area contributed by atoms with Crippen molar-refractivity contribution in [1.82, 2.24) is 20.2 Å². The van der Waals surface area contributed by atoms with Crippen LogP contribution in [0.2, 0.25) is 0 Å². The summed E-state index contributed by atoms with van der Waals surface area (Å²) in [6.45, 7) is 2.29. The van der Waals surface area contributed by atoms with Crippen LogP contribution >= 0.6 is 11.3 Å². The molecule has 0 bridgehead atoms. The molecule has 3 N–H and O–H groups in total. The van der Waals surface area contributed by atoms with Crippen molar-refractivity contribution in [3.8, 4) is 11.3 Å². The van der Waals surface area contributed by atoms with Crippen molar-refractivity contribution in [3.63, 3.8) is 0 Å². The summed E-state index contributed by atoms with van der Waals surface area (Å²) in [6, 6.07) is 9.95. The van der Waals surface area contributed by atoms with Crippen molar-refractivity contribution in [2.75, 3.05) is 5.32 Å². The van der Waals surface area contributed by atoms with E-state index in [4.69, 9.17) is 0 Å². The standard InChI is InChI=1S/C18H15N5O2S/c1-10-13-16(20-9-21-17(13)26-15(10)18(24)25)19-7-12-8-22-23-14(12)11-5-3-2-4-6-11/h2-6,8-9H,7H2,1H3,(H,22,23)(H,24,25)(H,19,20,21). The number of hydrogen-bond donors (Lipinski definition) is 3. The Bertz CT molecular complexity index is 1090. The van der Waals surface area contributed by atoms with Gasteiger partial charge in [-0.2, -0.15) is 5.10 Å². The van der Waals surface area contributed by atoms with Crippen molar-refractivity contribution >= 4 is 33.3 Å². The highest BCUT2D eigenvalue weighted by molar-refractivity contribution is 7.20. The largest absolute Gasteiger partial charge is 0.477 e. The second kappa shape index (κ2) is 6.57. The van der Waals surface area contributed by atoms with Crippen LogP contribution in [0.25, 0.3) is 21.5 Å². The Kier molecular flexibility index (Phi) is 4.10. The van der Waals surface area contributed by atoms with E-state index < -0.39 is 5.97 Å². The third kappa shape index (κ3) is 2.80. The van der Waals surface area contributed by atoms with Gasteiger partial charge in [0.25, 0.3) is 0 Å². The predicted molar refractivity (Wildman–Crippen MR) is 100 cm³/mol. The van der Waals surface area contributed by atoms with Gasteiger partial charge >= 0.3 is 5.97 Å². The predicted octanol–water partition coefficient (Wildman–Crippen LogP) is 3.70. The number of aromatic amines is 1. The normalized spacial score (nSPS) is 11.0. The summed E-state index contributed by atoms with van der Waals surface area (Å²) in [6.07, 6.45) is 3.22. The molecule has 0 fully saturated rings. The van der Waals surface area contributed by atoms with Gasteiger partial charge in [-0.15, -0.1) is 11.3 Å². The lowest BCUT2D eigenvalue weighted by Crippen LogP contribution is -2.03. The molecule has 0 aliphatic rings. The van der Waals surface area contributed by atoms with Gasteiger partial charge in [0.05, 0.1) is 17.3 Å². The average Bonchev–Trinajstić information content (AvgIpc) is 3.26. The molecule has 130 valence electrons. The zero-order chi connectivity index (χ0) is 18.1. The van der Waals surface area contributed by atoms with E-state index in [-0.39, 0.29) is 4.88 Å². The minimum absolute atomic E-state index is 0.289. The first kappa shape index (κ1) is 16.2. The number of carboxylic acid groups (broad SMARTS) is 1. The van der Waals surface area contributed by atoms with Crippen LogP contribution in [0.5, 0.6) is 0 Å². The number of aromatic nitrogens is 4. The number of carboxylic acids is 1. The molecule has 0 radical (unpaired) electrons. The Morgan fingerprint density at radius 2 is 2.08 bits per heavy atom. The van der Waals surface area contributed by atoms with E-state index >= 15 is 0 Å². The van der Waals surface area contributed by atoms with Crippen LogP contribution in [0, 0.1) is 6.92 Å². The zero-order valence-electron chi connectivity index (χ0n) is 13.9. The smallest absolute Gasteiger partial charge is 0.346 e. The number of aromatic carboxylic acids is 1. The highest BCUT2D eigenvalue weighted by atomic mass is 32.1. The number of fused-ring (bicyclic) bond motifs is 1. The number of thiophene rings is 1. The topological polar surface area (TPSA) is 104 Å². The van der Waals surface area contributed by atoms with Gasteiger partial charge in [0.15, 0.2) is 0 Å². The maximum absolute atomic E-state index is 11.4. The van der Waals surface area contributed by atoms with Gasteiger partial charge in [0.1, 0.15) is 21.9 Å². The molecular weight excluding hydrogens is 350 g/mol. The van der Waals surface area contributed by atoms with E-state index in [1.54, 1.807) is 13.1 Å². The summed E-state index contributed by atoms with van der Waals surface area (Å²) >= 11 is 1.16. The Morgan fingerprint density at radius 1 is 1.27 bits per heavy atom. The van der Waals surface area contributed by atoms with Gasteiger partial charge in [-0.3, -0.25) is 5.10 Å².